The fourth-order valence-electron chi connectivity index (χ4n) is 1.60. The third-order valence-electron chi connectivity index (χ3n) is 2.47. The molecule has 15 heavy (non-hydrogen) atoms. The van der Waals surface area contributed by atoms with Gasteiger partial charge in [0.25, 0.3) is 0 Å². The van der Waals surface area contributed by atoms with E-state index in [1.54, 1.807) is 0 Å². The number of carbonyl (C=O) groups excluding carboxylic acids is 1. The van der Waals surface area contributed by atoms with Crippen molar-refractivity contribution in [2.75, 3.05) is 44.8 Å². The highest BCUT2D eigenvalue weighted by atomic mass is 32.2. The fourth-order valence-corrected chi connectivity index (χ4v) is 1.97. The van der Waals surface area contributed by atoms with Crippen LogP contribution in [0.2, 0.25) is 0 Å². The third kappa shape index (κ3) is 4.86. The summed E-state index contributed by atoms with van der Waals surface area (Å²) < 4.78 is 5.58. The monoisotopic (exact) mass is 232 g/mol. The van der Waals surface area contributed by atoms with E-state index in [1.807, 2.05) is 6.26 Å². The molecule has 0 aromatic heterocycles. The molecule has 0 aliphatic carbocycles. The van der Waals surface area contributed by atoms with Gasteiger partial charge in [0, 0.05) is 19.6 Å². The predicted molar refractivity (Wildman–Crippen MR) is 63.2 cm³/mol. The van der Waals surface area contributed by atoms with Gasteiger partial charge < -0.3 is 10.1 Å². The zero-order chi connectivity index (χ0) is 11.1. The number of hydrogen-bond acceptors (Lipinski definition) is 4. The van der Waals surface area contributed by atoms with Crippen LogP contribution in [0.1, 0.15) is 6.92 Å². The molecule has 0 bridgehead atoms. The average molecular weight is 232 g/mol. The Balaban J connectivity index is 2.17. The fraction of sp³-hybridized carbons (Fsp3) is 0.900. The van der Waals surface area contributed by atoms with Gasteiger partial charge in [-0.15, -0.1) is 0 Å². The van der Waals surface area contributed by atoms with Crippen molar-refractivity contribution in [1.82, 2.24) is 10.2 Å². The summed E-state index contributed by atoms with van der Waals surface area (Å²) in [6, 6.07) is 0. The first-order valence-electron chi connectivity index (χ1n) is 5.35. The van der Waals surface area contributed by atoms with Crippen LogP contribution in [0.5, 0.6) is 0 Å². The van der Waals surface area contributed by atoms with Crippen molar-refractivity contribution in [3.63, 3.8) is 0 Å². The Morgan fingerprint density at radius 1 is 1.67 bits per heavy atom. The molecule has 5 heteroatoms. The Bertz CT molecular complexity index is 202. The molecule has 1 N–H and O–H groups in total. The molecular weight excluding hydrogens is 212 g/mol. The SMILES string of the molecule is CCN1CCOC(CNC(=O)CSC)C1. The van der Waals surface area contributed by atoms with E-state index >= 15 is 0 Å². The maximum atomic E-state index is 11.2. The van der Waals surface area contributed by atoms with E-state index in [4.69, 9.17) is 4.74 Å². The van der Waals surface area contributed by atoms with Gasteiger partial charge in [0.15, 0.2) is 0 Å². The van der Waals surface area contributed by atoms with Crippen molar-refractivity contribution < 1.29 is 9.53 Å². The molecular formula is C10H20N2O2S. The molecule has 0 aromatic carbocycles. The largest absolute Gasteiger partial charge is 0.374 e. The first-order chi connectivity index (χ1) is 7.26. The lowest BCUT2D eigenvalue weighted by atomic mass is 10.2. The topological polar surface area (TPSA) is 41.6 Å². The summed E-state index contributed by atoms with van der Waals surface area (Å²) in [5.74, 6) is 0.629. The van der Waals surface area contributed by atoms with Crippen LogP contribution < -0.4 is 5.32 Å². The van der Waals surface area contributed by atoms with Gasteiger partial charge in [-0.1, -0.05) is 6.92 Å². The molecule has 1 saturated heterocycles. The number of amides is 1. The quantitative estimate of drug-likeness (QED) is 0.734. The minimum atomic E-state index is 0.0970. The van der Waals surface area contributed by atoms with Crippen LogP contribution >= 0.6 is 11.8 Å². The number of thioether (sulfide) groups is 1. The lowest BCUT2D eigenvalue weighted by Gasteiger charge is -2.32. The second-order valence-corrected chi connectivity index (χ2v) is 4.49. The molecule has 1 heterocycles. The Morgan fingerprint density at radius 3 is 3.13 bits per heavy atom. The molecule has 1 amide bonds. The number of hydrogen-bond donors (Lipinski definition) is 1. The van der Waals surface area contributed by atoms with E-state index in [2.05, 4.69) is 17.1 Å². The summed E-state index contributed by atoms with van der Waals surface area (Å²) in [5.41, 5.74) is 0. The van der Waals surface area contributed by atoms with Crippen molar-refractivity contribution in [3.05, 3.63) is 0 Å². The summed E-state index contributed by atoms with van der Waals surface area (Å²) in [5, 5.41) is 2.89. The number of carbonyl (C=O) groups is 1. The zero-order valence-electron chi connectivity index (χ0n) is 9.49. The van der Waals surface area contributed by atoms with Crippen molar-refractivity contribution >= 4 is 17.7 Å². The van der Waals surface area contributed by atoms with Crippen LogP contribution in [0.15, 0.2) is 0 Å². The van der Waals surface area contributed by atoms with Crippen molar-refractivity contribution in [1.29, 1.82) is 0 Å². The molecule has 1 aliphatic rings. The van der Waals surface area contributed by atoms with Crippen LogP contribution in [-0.4, -0.2) is 61.7 Å². The van der Waals surface area contributed by atoms with Gasteiger partial charge in [-0.25, -0.2) is 0 Å². The number of likely N-dealkylation sites (N-methyl/N-ethyl adjacent to an activating group) is 1. The highest BCUT2D eigenvalue weighted by molar-refractivity contribution is 7.99. The van der Waals surface area contributed by atoms with Gasteiger partial charge in [-0.2, -0.15) is 11.8 Å². The lowest BCUT2D eigenvalue weighted by Crippen LogP contribution is -2.47. The molecule has 0 radical (unpaired) electrons. The molecule has 1 rings (SSSR count). The summed E-state index contributed by atoms with van der Waals surface area (Å²) >= 11 is 1.54. The maximum Gasteiger partial charge on any atom is 0.230 e. The number of ether oxygens (including phenoxy) is 1. The lowest BCUT2D eigenvalue weighted by molar-refractivity contribution is -0.119. The van der Waals surface area contributed by atoms with E-state index in [1.165, 1.54) is 11.8 Å². The molecule has 1 fully saturated rings. The van der Waals surface area contributed by atoms with Gasteiger partial charge in [0.1, 0.15) is 0 Å². The average Bonchev–Trinajstić information content (AvgIpc) is 2.27. The highest BCUT2D eigenvalue weighted by Crippen LogP contribution is 2.03. The maximum absolute atomic E-state index is 11.2. The normalized spacial score (nSPS) is 22.7. The molecule has 1 unspecified atom stereocenters. The number of rotatable bonds is 5. The second kappa shape index (κ2) is 7.09. The van der Waals surface area contributed by atoms with E-state index in [9.17, 15) is 4.79 Å². The van der Waals surface area contributed by atoms with Gasteiger partial charge in [-0.3, -0.25) is 9.69 Å². The van der Waals surface area contributed by atoms with E-state index in [0.717, 1.165) is 26.2 Å². The predicted octanol–water partition coefficient (Wildman–Crippen LogP) is 0.186. The van der Waals surface area contributed by atoms with Gasteiger partial charge in [0.2, 0.25) is 5.91 Å². The standard InChI is InChI=1S/C10H20N2O2S/c1-3-12-4-5-14-9(7-12)6-11-10(13)8-15-2/h9H,3-8H2,1-2H3,(H,11,13). The minimum absolute atomic E-state index is 0.0970. The summed E-state index contributed by atoms with van der Waals surface area (Å²) in [4.78, 5) is 13.6. The molecule has 88 valence electrons. The van der Waals surface area contributed by atoms with Gasteiger partial charge >= 0.3 is 0 Å². The molecule has 1 atom stereocenters. The first-order valence-corrected chi connectivity index (χ1v) is 6.75. The van der Waals surface area contributed by atoms with E-state index in [0.29, 0.717) is 12.3 Å². The zero-order valence-corrected chi connectivity index (χ0v) is 10.3. The smallest absolute Gasteiger partial charge is 0.230 e. The second-order valence-electron chi connectivity index (χ2n) is 3.62. The molecule has 1 aliphatic heterocycles. The van der Waals surface area contributed by atoms with E-state index in [-0.39, 0.29) is 12.0 Å². The van der Waals surface area contributed by atoms with Crippen LogP contribution in [-0.2, 0) is 9.53 Å². The minimum Gasteiger partial charge on any atom is -0.374 e. The van der Waals surface area contributed by atoms with Crippen LogP contribution in [0.4, 0.5) is 0 Å². The Morgan fingerprint density at radius 2 is 2.47 bits per heavy atom. The highest BCUT2D eigenvalue weighted by Gasteiger charge is 2.19. The molecule has 0 saturated carbocycles. The number of nitrogens with one attached hydrogen (secondary N) is 1. The number of nitrogens with zero attached hydrogens (tertiary/aromatic N) is 1. The van der Waals surface area contributed by atoms with Crippen LogP contribution in [0, 0.1) is 0 Å². The summed E-state index contributed by atoms with van der Waals surface area (Å²) in [6.45, 7) is 6.54. The number of morpholine rings is 1. The summed E-state index contributed by atoms with van der Waals surface area (Å²) in [6.07, 6.45) is 2.08. The van der Waals surface area contributed by atoms with Crippen LogP contribution in [0.3, 0.4) is 0 Å². The van der Waals surface area contributed by atoms with Gasteiger partial charge in [-0.05, 0) is 12.8 Å². The third-order valence-corrected chi connectivity index (χ3v) is 3.02. The van der Waals surface area contributed by atoms with Gasteiger partial charge in [0.05, 0.1) is 18.5 Å². The van der Waals surface area contributed by atoms with E-state index < -0.39 is 0 Å². The summed E-state index contributed by atoms with van der Waals surface area (Å²) in [7, 11) is 0. The van der Waals surface area contributed by atoms with Crippen molar-refractivity contribution in [2.45, 2.75) is 13.0 Å². The van der Waals surface area contributed by atoms with Crippen LogP contribution in [0.25, 0.3) is 0 Å². The Hall–Kier alpha value is -0.260. The molecule has 0 spiro atoms. The first kappa shape index (κ1) is 12.8. The molecule has 4 nitrogen and oxygen atoms in total. The Kier molecular flexibility index (Phi) is 6.05. The molecule has 0 aromatic rings. The van der Waals surface area contributed by atoms with Crippen molar-refractivity contribution in [2.24, 2.45) is 0 Å². The Labute approximate surface area is 95.7 Å². The van der Waals surface area contributed by atoms with Crippen molar-refractivity contribution in [3.8, 4) is 0 Å².